The van der Waals surface area contributed by atoms with E-state index in [9.17, 15) is 32.3 Å². The molecule has 1 aromatic carbocycles. The third-order valence-corrected chi connectivity index (χ3v) is 6.31. The van der Waals surface area contributed by atoms with Gasteiger partial charge in [0, 0.05) is 51.5 Å². The molecule has 1 N–H and O–H groups in total. The largest absolute Gasteiger partial charge is 0.481 e. The highest BCUT2D eigenvalue weighted by atomic mass is 19.4. The van der Waals surface area contributed by atoms with E-state index in [1.165, 1.54) is 11.0 Å². The number of ether oxygens (including phenoxy) is 1. The van der Waals surface area contributed by atoms with Gasteiger partial charge in [-0.2, -0.15) is 13.2 Å². The Morgan fingerprint density at radius 3 is 2.27 bits per heavy atom. The number of carbonyl (C=O) groups is 2. The van der Waals surface area contributed by atoms with Crippen molar-refractivity contribution in [2.75, 3.05) is 44.2 Å². The molecule has 1 amide bonds. The van der Waals surface area contributed by atoms with Crippen LogP contribution in [0, 0.1) is 18.7 Å². The van der Waals surface area contributed by atoms with Gasteiger partial charge >= 0.3 is 18.2 Å². The topological polar surface area (TPSA) is 73.3 Å². The maximum atomic E-state index is 14.4. The average Bonchev–Trinajstić information content (AvgIpc) is 2.76. The summed E-state index contributed by atoms with van der Waals surface area (Å²) in [6.45, 7) is 5.23. The van der Waals surface area contributed by atoms with Gasteiger partial charge in [0.25, 0.3) is 0 Å². The predicted molar refractivity (Wildman–Crippen MR) is 113 cm³/mol. The standard InChI is InChI=1S/C22H29F4N3O4/c1-14-11-19(28-5-3-16(4-6-28)20(30)31)17(12-18(14)23)13-27-7-9-29(10-8-27)21(32)33-15(2)22(24,25)26/h11-12,15-16H,3-10,13H2,1-2H3,(H,30,31). The maximum Gasteiger partial charge on any atom is 0.425 e. The number of hydrogen-bond acceptors (Lipinski definition) is 5. The molecule has 0 aliphatic carbocycles. The van der Waals surface area contributed by atoms with E-state index < -0.39 is 24.3 Å². The molecule has 7 nitrogen and oxygen atoms in total. The number of piperazine rings is 1. The third-order valence-electron chi connectivity index (χ3n) is 6.31. The monoisotopic (exact) mass is 475 g/mol. The molecule has 1 atom stereocenters. The van der Waals surface area contributed by atoms with E-state index in [1.54, 1.807) is 13.0 Å². The Labute approximate surface area is 189 Å². The van der Waals surface area contributed by atoms with Crippen LogP contribution >= 0.6 is 0 Å². The molecule has 11 heteroatoms. The number of carboxylic acid groups (broad SMARTS) is 1. The smallest absolute Gasteiger partial charge is 0.425 e. The number of aliphatic carboxylic acids is 1. The van der Waals surface area contributed by atoms with Gasteiger partial charge < -0.3 is 19.6 Å². The minimum absolute atomic E-state index is 0.205. The second-order valence-electron chi connectivity index (χ2n) is 8.66. The van der Waals surface area contributed by atoms with Crippen LogP contribution < -0.4 is 4.90 Å². The van der Waals surface area contributed by atoms with Gasteiger partial charge in [0.2, 0.25) is 0 Å². The molecule has 2 aliphatic heterocycles. The first-order valence-electron chi connectivity index (χ1n) is 11.0. The minimum Gasteiger partial charge on any atom is -0.481 e. The minimum atomic E-state index is -4.61. The van der Waals surface area contributed by atoms with Gasteiger partial charge in [0.15, 0.2) is 6.10 Å². The van der Waals surface area contributed by atoms with Crippen LogP contribution in [0.15, 0.2) is 12.1 Å². The highest BCUT2D eigenvalue weighted by Gasteiger charge is 2.40. The first-order chi connectivity index (χ1) is 15.5. The highest BCUT2D eigenvalue weighted by Crippen LogP contribution is 2.30. The van der Waals surface area contributed by atoms with Crippen molar-refractivity contribution in [3.63, 3.8) is 0 Å². The fourth-order valence-corrected chi connectivity index (χ4v) is 4.12. The lowest BCUT2D eigenvalue weighted by atomic mass is 9.95. The number of nitrogens with zero attached hydrogens (tertiary/aromatic N) is 3. The lowest BCUT2D eigenvalue weighted by molar-refractivity contribution is -0.200. The molecule has 2 saturated heterocycles. The summed E-state index contributed by atoms with van der Waals surface area (Å²) in [5, 5.41) is 9.23. The summed E-state index contributed by atoms with van der Waals surface area (Å²) in [6.07, 6.45) is -6.75. The molecular weight excluding hydrogens is 446 g/mol. The number of benzene rings is 1. The number of aryl methyl sites for hydroxylation is 1. The van der Waals surface area contributed by atoms with Crippen molar-refractivity contribution in [2.24, 2.45) is 5.92 Å². The molecular formula is C22H29F4N3O4. The van der Waals surface area contributed by atoms with Gasteiger partial charge in [-0.25, -0.2) is 9.18 Å². The summed E-state index contributed by atoms with van der Waals surface area (Å²) >= 11 is 0. The number of halogens is 4. The van der Waals surface area contributed by atoms with Crippen molar-refractivity contribution < 1.29 is 37.0 Å². The lowest BCUT2D eigenvalue weighted by Crippen LogP contribution is -2.49. The molecule has 2 aliphatic rings. The molecule has 3 rings (SSSR count). The van der Waals surface area contributed by atoms with Crippen molar-refractivity contribution in [3.05, 3.63) is 29.1 Å². The summed E-state index contributed by atoms with van der Waals surface area (Å²) < 4.78 is 56.7. The second-order valence-corrected chi connectivity index (χ2v) is 8.66. The summed E-state index contributed by atoms with van der Waals surface area (Å²) in [6, 6.07) is 3.26. The number of amides is 1. The Morgan fingerprint density at radius 2 is 1.73 bits per heavy atom. The van der Waals surface area contributed by atoms with Gasteiger partial charge in [-0.1, -0.05) is 0 Å². The molecule has 2 fully saturated rings. The summed E-state index contributed by atoms with van der Waals surface area (Å²) in [4.78, 5) is 28.6. The molecule has 0 bridgehead atoms. The van der Waals surface area contributed by atoms with E-state index in [-0.39, 0.29) is 24.8 Å². The molecule has 0 saturated carbocycles. The molecule has 2 heterocycles. The van der Waals surface area contributed by atoms with Crippen LogP contribution in [-0.2, 0) is 16.1 Å². The average molecular weight is 475 g/mol. The third kappa shape index (κ3) is 6.27. The summed E-state index contributed by atoms with van der Waals surface area (Å²) in [7, 11) is 0. The summed E-state index contributed by atoms with van der Waals surface area (Å²) in [5.41, 5.74) is 2.12. The van der Waals surface area contributed by atoms with Gasteiger partial charge in [-0.3, -0.25) is 9.69 Å². The van der Waals surface area contributed by atoms with E-state index in [4.69, 9.17) is 0 Å². The van der Waals surface area contributed by atoms with Gasteiger partial charge in [-0.15, -0.1) is 0 Å². The molecule has 0 aromatic heterocycles. The number of hydrogen-bond donors (Lipinski definition) is 1. The zero-order valence-corrected chi connectivity index (χ0v) is 18.7. The van der Waals surface area contributed by atoms with Crippen LogP contribution in [0.4, 0.5) is 28.0 Å². The Bertz CT molecular complexity index is 864. The van der Waals surface area contributed by atoms with Gasteiger partial charge in [0.05, 0.1) is 5.92 Å². The van der Waals surface area contributed by atoms with Crippen molar-refractivity contribution >= 4 is 17.7 Å². The van der Waals surface area contributed by atoms with Crippen LogP contribution in [0.1, 0.15) is 30.9 Å². The number of carboxylic acids is 1. The number of alkyl halides is 3. The van der Waals surface area contributed by atoms with Crippen molar-refractivity contribution in [1.29, 1.82) is 0 Å². The van der Waals surface area contributed by atoms with E-state index in [1.807, 2.05) is 4.90 Å². The Hall–Kier alpha value is -2.56. The Morgan fingerprint density at radius 1 is 1.12 bits per heavy atom. The summed E-state index contributed by atoms with van der Waals surface area (Å²) in [5.74, 6) is -1.51. The van der Waals surface area contributed by atoms with Crippen LogP contribution in [0.2, 0.25) is 0 Å². The number of piperidine rings is 1. The normalized spacial score (nSPS) is 19.5. The van der Waals surface area contributed by atoms with Crippen LogP contribution in [0.3, 0.4) is 0 Å². The Kier molecular flexibility index (Phi) is 7.71. The fraction of sp³-hybridized carbons (Fsp3) is 0.636. The fourth-order valence-electron chi connectivity index (χ4n) is 4.12. The van der Waals surface area contributed by atoms with Crippen molar-refractivity contribution in [2.45, 2.75) is 45.5 Å². The van der Waals surface area contributed by atoms with E-state index in [2.05, 4.69) is 9.64 Å². The van der Waals surface area contributed by atoms with Gasteiger partial charge in [0.1, 0.15) is 5.82 Å². The molecule has 1 aromatic rings. The first-order valence-corrected chi connectivity index (χ1v) is 11.0. The quantitative estimate of drug-likeness (QED) is 0.656. The molecule has 0 spiro atoms. The maximum absolute atomic E-state index is 14.4. The molecule has 184 valence electrons. The van der Waals surface area contributed by atoms with Crippen LogP contribution in [0.25, 0.3) is 0 Å². The highest BCUT2D eigenvalue weighted by molar-refractivity contribution is 5.70. The SMILES string of the molecule is Cc1cc(N2CCC(C(=O)O)CC2)c(CN2CCN(C(=O)OC(C)C(F)(F)F)CC2)cc1F. The van der Waals surface area contributed by atoms with Crippen LogP contribution in [0.5, 0.6) is 0 Å². The Balaban J connectivity index is 1.62. The predicted octanol–water partition coefficient (Wildman–Crippen LogP) is 3.64. The number of anilines is 1. The van der Waals surface area contributed by atoms with Crippen LogP contribution in [-0.4, -0.2) is 78.5 Å². The number of rotatable bonds is 5. The van der Waals surface area contributed by atoms with E-state index >= 15 is 0 Å². The van der Waals surface area contributed by atoms with Crippen molar-refractivity contribution in [1.82, 2.24) is 9.80 Å². The van der Waals surface area contributed by atoms with Crippen molar-refractivity contribution in [3.8, 4) is 0 Å². The molecule has 33 heavy (non-hydrogen) atoms. The molecule has 0 radical (unpaired) electrons. The zero-order chi connectivity index (χ0) is 24.3. The lowest BCUT2D eigenvalue weighted by Gasteiger charge is -2.37. The zero-order valence-electron chi connectivity index (χ0n) is 18.7. The molecule has 1 unspecified atom stereocenters. The first kappa shape index (κ1) is 25.1. The second kappa shape index (κ2) is 10.1. The van der Waals surface area contributed by atoms with E-state index in [0.717, 1.165) is 18.2 Å². The van der Waals surface area contributed by atoms with E-state index in [0.29, 0.717) is 51.1 Å². The van der Waals surface area contributed by atoms with Gasteiger partial charge in [-0.05, 0) is 49.9 Å². The number of carbonyl (C=O) groups excluding carboxylic acids is 1.